The molecule has 1 aliphatic rings. The summed E-state index contributed by atoms with van der Waals surface area (Å²) in [6.45, 7) is 3.46. The summed E-state index contributed by atoms with van der Waals surface area (Å²) in [5, 5.41) is 11.9. The predicted octanol–water partition coefficient (Wildman–Crippen LogP) is 1.27. The van der Waals surface area contributed by atoms with Gasteiger partial charge in [-0.05, 0) is 24.6 Å². The number of anilines is 1. The Kier molecular flexibility index (Phi) is 8.15. The molecule has 0 saturated carbocycles. The standard InChI is InChI=1S/C20H24N4O5S2/c1-13-3-4-16-22-17(21-5-8-29-10-7-25)14(18(26)24(16)12-13)11-15-19(27)23(6-9-28-2)20(30)31-15/h3-4,11-12,21,25H,5-10H2,1-2H3/b15-11+. The number of rotatable bonds is 10. The number of pyridine rings is 1. The van der Waals surface area contributed by atoms with E-state index in [2.05, 4.69) is 10.3 Å². The van der Waals surface area contributed by atoms with Gasteiger partial charge < -0.3 is 19.9 Å². The fourth-order valence-electron chi connectivity index (χ4n) is 2.94. The second-order valence-corrected chi connectivity index (χ2v) is 8.38. The third-order valence-electron chi connectivity index (χ3n) is 4.45. The van der Waals surface area contributed by atoms with E-state index >= 15 is 0 Å². The number of aryl methyl sites for hydroxylation is 1. The molecule has 0 spiro atoms. The first kappa shape index (κ1) is 23.4. The van der Waals surface area contributed by atoms with E-state index in [1.807, 2.05) is 13.0 Å². The van der Waals surface area contributed by atoms with Crippen LogP contribution in [0.4, 0.5) is 5.82 Å². The van der Waals surface area contributed by atoms with Gasteiger partial charge in [-0.3, -0.25) is 18.9 Å². The number of aromatic nitrogens is 2. The highest BCUT2D eigenvalue weighted by atomic mass is 32.2. The third kappa shape index (κ3) is 5.49. The van der Waals surface area contributed by atoms with Gasteiger partial charge in [0.25, 0.3) is 11.5 Å². The van der Waals surface area contributed by atoms with Gasteiger partial charge in [0.15, 0.2) is 0 Å². The maximum absolute atomic E-state index is 13.3. The first-order valence-corrected chi connectivity index (χ1v) is 10.9. The van der Waals surface area contributed by atoms with Gasteiger partial charge in [-0.2, -0.15) is 0 Å². The molecule has 0 aliphatic carbocycles. The summed E-state index contributed by atoms with van der Waals surface area (Å²) in [5.41, 5.74) is 1.36. The Balaban J connectivity index is 1.98. The lowest BCUT2D eigenvalue weighted by Crippen LogP contribution is -2.31. The highest BCUT2D eigenvalue weighted by Gasteiger charge is 2.32. The fraction of sp³-hybridized carbons (Fsp3) is 0.400. The zero-order valence-electron chi connectivity index (χ0n) is 17.3. The van der Waals surface area contributed by atoms with E-state index in [0.29, 0.717) is 47.0 Å². The maximum atomic E-state index is 13.3. The molecule has 9 nitrogen and oxygen atoms in total. The Bertz CT molecular complexity index is 1070. The first-order chi connectivity index (χ1) is 15.0. The van der Waals surface area contributed by atoms with Gasteiger partial charge in [0.2, 0.25) is 0 Å². The van der Waals surface area contributed by atoms with Crippen molar-refractivity contribution >= 4 is 51.7 Å². The van der Waals surface area contributed by atoms with Gasteiger partial charge in [0.1, 0.15) is 15.8 Å². The van der Waals surface area contributed by atoms with Crippen LogP contribution in [0.25, 0.3) is 11.7 Å². The van der Waals surface area contributed by atoms with Gasteiger partial charge in [-0.15, -0.1) is 0 Å². The van der Waals surface area contributed by atoms with Crippen molar-refractivity contribution in [3.8, 4) is 0 Å². The molecular formula is C20H24N4O5S2. The predicted molar refractivity (Wildman–Crippen MR) is 124 cm³/mol. The van der Waals surface area contributed by atoms with E-state index in [0.717, 1.165) is 17.3 Å². The van der Waals surface area contributed by atoms with E-state index in [4.69, 9.17) is 26.8 Å². The van der Waals surface area contributed by atoms with Gasteiger partial charge in [-0.25, -0.2) is 4.98 Å². The molecule has 1 aliphatic heterocycles. The average Bonchev–Trinajstić information content (AvgIpc) is 3.02. The van der Waals surface area contributed by atoms with E-state index in [1.165, 1.54) is 15.4 Å². The Morgan fingerprint density at radius 1 is 1.29 bits per heavy atom. The molecule has 2 N–H and O–H groups in total. The zero-order valence-corrected chi connectivity index (χ0v) is 18.9. The summed E-state index contributed by atoms with van der Waals surface area (Å²) in [5.74, 6) is 0.0848. The molecule has 2 aromatic rings. The van der Waals surface area contributed by atoms with Crippen LogP contribution in [-0.4, -0.2) is 76.2 Å². The Morgan fingerprint density at radius 3 is 2.84 bits per heavy atom. The van der Waals surface area contributed by atoms with Crippen LogP contribution in [0.5, 0.6) is 0 Å². The highest BCUT2D eigenvalue weighted by Crippen LogP contribution is 2.32. The summed E-state index contributed by atoms with van der Waals surface area (Å²) >= 11 is 6.46. The molecule has 31 heavy (non-hydrogen) atoms. The van der Waals surface area contributed by atoms with Crippen molar-refractivity contribution in [1.29, 1.82) is 0 Å². The fourth-order valence-corrected chi connectivity index (χ4v) is 4.23. The van der Waals surface area contributed by atoms with E-state index < -0.39 is 0 Å². The van der Waals surface area contributed by atoms with Gasteiger partial charge in [-0.1, -0.05) is 30.0 Å². The minimum Gasteiger partial charge on any atom is -0.394 e. The molecule has 0 atom stereocenters. The number of thioether (sulfide) groups is 1. The van der Waals surface area contributed by atoms with Crippen molar-refractivity contribution in [2.45, 2.75) is 6.92 Å². The van der Waals surface area contributed by atoms with Crippen LogP contribution in [0.3, 0.4) is 0 Å². The molecule has 11 heteroatoms. The molecule has 3 rings (SSSR count). The number of fused-ring (bicyclic) bond motifs is 1. The third-order valence-corrected chi connectivity index (χ3v) is 5.83. The lowest BCUT2D eigenvalue weighted by atomic mass is 10.2. The number of hydrogen-bond donors (Lipinski definition) is 2. The molecule has 1 fully saturated rings. The lowest BCUT2D eigenvalue weighted by molar-refractivity contribution is -0.122. The summed E-state index contributed by atoms with van der Waals surface area (Å²) in [4.78, 5) is 32.4. The largest absolute Gasteiger partial charge is 0.394 e. The van der Waals surface area contributed by atoms with Crippen molar-refractivity contribution in [1.82, 2.24) is 14.3 Å². The lowest BCUT2D eigenvalue weighted by Gasteiger charge is -2.13. The van der Waals surface area contributed by atoms with Crippen LogP contribution in [0, 0.1) is 6.92 Å². The van der Waals surface area contributed by atoms with Crippen LogP contribution >= 0.6 is 24.0 Å². The van der Waals surface area contributed by atoms with Crippen LogP contribution in [0.1, 0.15) is 11.1 Å². The minimum atomic E-state index is -0.297. The topological polar surface area (TPSA) is 105 Å². The molecule has 0 radical (unpaired) electrons. The number of amides is 1. The van der Waals surface area contributed by atoms with Crippen molar-refractivity contribution in [3.05, 3.63) is 44.7 Å². The first-order valence-electron chi connectivity index (χ1n) is 9.66. The number of hydrogen-bond acceptors (Lipinski definition) is 9. The highest BCUT2D eigenvalue weighted by molar-refractivity contribution is 8.26. The molecule has 0 bridgehead atoms. The van der Waals surface area contributed by atoms with Gasteiger partial charge in [0, 0.05) is 19.9 Å². The smallest absolute Gasteiger partial charge is 0.267 e. The number of aliphatic hydroxyl groups excluding tert-OH is 1. The van der Waals surface area contributed by atoms with Gasteiger partial charge >= 0.3 is 0 Å². The van der Waals surface area contributed by atoms with E-state index in [1.54, 1.807) is 19.4 Å². The molecule has 1 amide bonds. The Labute approximate surface area is 189 Å². The monoisotopic (exact) mass is 464 g/mol. The second kappa shape index (κ2) is 10.8. The molecule has 0 aromatic carbocycles. The molecule has 0 unspecified atom stereocenters. The van der Waals surface area contributed by atoms with E-state index in [9.17, 15) is 9.59 Å². The van der Waals surface area contributed by atoms with Crippen molar-refractivity contribution < 1.29 is 19.4 Å². The number of aliphatic hydroxyl groups is 1. The minimum absolute atomic E-state index is 0.0644. The Morgan fingerprint density at radius 2 is 2.10 bits per heavy atom. The molecule has 3 heterocycles. The number of nitrogens with one attached hydrogen (secondary N) is 1. The van der Waals surface area contributed by atoms with Crippen LogP contribution in [0.15, 0.2) is 28.0 Å². The number of carbonyl (C=O) groups excluding carboxylic acids is 1. The zero-order chi connectivity index (χ0) is 22.4. The summed E-state index contributed by atoms with van der Waals surface area (Å²) < 4.78 is 12.2. The maximum Gasteiger partial charge on any atom is 0.267 e. The number of nitrogens with zero attached hydrogens (tertiary/aromatic N) is 3. The van der Waals surface area contributed by atoms with Crippen molar-refractivity contribution in [3.63, 3.8) is 0 Å². The summed E-state index contributed by atoms with van der Waals surface area (Å²) in [6.07, 6.45) is 3.24. The normalized spacial score (nSPS) is 15.5. The number of thiocarbonyl (C=S) groups is 1. The quantitative estimate of drug-likeness (QED) is 0.305. The number of ether oxygens (including phenoxy) is 2. The average molecular weight is 465 g/mol. The summed E-state index contributed by atoms with van der Waals surface area (Å²) in [7, 11) is 1.55. The van der Waals surface area contributed by atoms with Crippen LogP contribution in [0.2, 0.25) is 0 Å². The molecule has 166 valence electrons. The molecule has 1 saturated heterocycles. The van der Waals surface area contributed by atoms with E-state index in [-0.39, 0.29) is 30.2 Å². The van der Waals surface area contributed by atoms with Crippen LogP contribution in [-0.2, 0) is 14.3 Å². The molecular weight excluding hydrogens is 440 g/mol. The molecule has 2 aromatic heterocycles. The van der Waals surface area contributed by atoms with Gasteiger partial charge in [0.05, 0.1) is 43.4 Å². The number of carbonyl (C=O) groups is 1. The second-order valence-electron chi connectivity index (χ2n) is 6.70. The van der Waals surface area contributed by atoms with Crippen LogP contribution < -0.4 is 10.9 Å². The number of methoxy groups -OCH3 is 1. The van der Waals surface area contributed by atoms with Crippen molar-refractivity contribution in [2.24, 2.45) is 0 Å². The van der Waals surface area contributed by atoms with Crippen molar-refractivity contribution in [2.75, 3.05) is 51.9 Å². The Hall–Kier alpha value is -2.31. The summed E-state index contributed by atoms with van der Waals surface area (Å²) in [6, 6.07) is 3.63. The SMILES string of the molecule is COCCN1C(=O)/C(=C\c2c(NCCOCCO)nc3ccc(C)cn3c2=O)SC1=S.